The van der Waals surface area contributed by atoms with Gasteiger partial charge in [-0.3, -0.25) is 4.79 Å². The molecule has 0 radical (unpaired) electrons. The van der Waals surface area contributed by atoms with Crippen LogP contribution in [0.3, 0.4) is 0 Å². The number of carbonyl (C=O) groups is 1. The molecule has 0 spiro atoms. The van der Waals surface area contributed by atoms with Crippen molar-refractivity contribution in [2.45, 2.75) is 26.1 Å². The Morgan fingerprint density at radius 1 is 1.29 bits per heavy atom. The largest absolute Gasteiger partial charge is 0.492 e. The van der Waals surface area contributed by atoms with Crippen LogP contribution in [0.15, 0.2) is 18.2 Å². The highest BCUT2D eigenvalue weighted by atomic mass is 28.3. The zero-order chi connectivity index (χ0) is 12.5. The van der Waals surface area contributed by atoms with E-state index in [1.807, 2.05) is 18.2 Å². The number of ether oxygens (including phenoxy) is 1. The number of carbonyl (C=O) groups excluding carboxylic acids is 1. The summed E-state index contributed by atoms with van der Waals surface area (Å²) < 4.78 is 5.49. The van der Waals surface area contributed by atoms with E-state index in [9.17, 15) is 4.79 Å². The molecule has 0 fully saturated rings. The first-order valence-corrected chi connectivity index (χ1v) is 9.29. The van der Waals surface area contributed by atoms with Gasteiger partial charge in [0.15, 0.2) is 5.78 Å². The second-order valence-corrected chi connectivity index (χ2v) is 9.98. The number of ketones is 1. The Hall–Kier alpha value is -1.53. The molecule has 0 atom stereocenters. The maximum Gasteiger partial charge on any atom is 0.169 e. The topological polar surface area (TPSA) is 26.3 Å². The predicted molar refractivity (Wildman–Crippen MR) is 71.1 cm³/mol. The fraction of sp³-hybridized carbons (Fsp3) is 0.357. The normalized spacial score (nSPS) is 14.4. The molecule has 0 aromatic heterocycles. The van der Waals surface area contributed by atoms with Gasteiger partial charge in [0.25, 0.3) is 0 Å². The smallest absolute Gasteiger partial charge is 0.169 e. The van der Waals surface area contributed by atoms with Crippen molar-refractivity contribution in [3.05, 3.63) is 29.3 Å². The number of benzene rings is 1. The van der Waals surface area contributed by atoms with Crippen LogP contribution in [0.25, 0.3) is 0 Å². The van der Waals surface area contributed by atoms with Gasteiger partial charge in [-0.15, -0.1) is 5.54 Å². The van der Waals surface area contributed by atoms with Crippen molar-refractivity contribution in [1.29, 1.82) is 0 Å². The number of rotatable bonds is 0. The molecular formula is C14H16O2Si. The minimum absolute atomic E-state index is 0.163. The fourth-order valence-corrected chi connectivity index (χ4v) is 2.12. The van der Waals surface area contributed by atoms with Crippen LogP contribution >= 0.6 is 0 Å². The highest BCUT2D eigenvalue weighted by Gasteiger charge is 2.18. The zero-order valence-corrected chi connectivity index (χ0v) is 11.5. The first-order valence-electron chi connectivity index (χ1n) is 5.79. The van der Waals surface area contributed by atoms with Gasteiger partial charge in [-0.2, -0.15) is 0 Å². The van der Waals surface area contributed by atoms with E-state index in [2.05, 4.69) is 31.1 Å². The fourth-order valence-electron chi connectivity index (χ4n) is 1.60. The summed E-state index contributed by atoms with van der Waals surface area (Å²) in [5.41, 5.74) is 4.93. The van der Waals surface area contributed by atoms with Crippen molar-refractivity contribution in [2.24, 2.45) is 0 Å². The SMILES string of the molecule is C[Si](C)(C)C#Cc1ccc2c(c1)OCCC2=O. The number of hydrogen-bond donors (Lipinski definition) is 0. The van der Waals surface area contributed by atoms with Crippen molar-refractivity contribution in [1.82, 2.24) is 0 Å². The third-order valence-corrected chi connectivity index (χ3v) is 3.33. The molecule has 1 aromatic carbocycles. The number of hydrogen-bond acceptors (Lipinski definition) is 2. The molecule has 2 nitrogen and oxygen atoms in total. The summed E-state index contributed by atoms with van der Waals surface area (Å²) in [6.45, 7) is 7.10. The van der Waals surface area contributed by atoms with Crippen molar-refractivity contribution in [3.63, 3.8) is 0 Å². The highest BCUT2D eigenvalue weighted by Crippen LogP contribution is 2.25. The Bertz CT molecular complexity index is 515. The molecule has 3 heteroatoms. The Labute approximate surface area is 103 Å². The quantitative estimate of drug-likeness (QED) is 0.518. The summed E-state index contributed by atoms with van der Waals surface area (Å²) in [5, 5.41) is 0. The molecule has 0 N–H and O–H groups in total. The number of Topliss-reactive ketones (excluding diaryl/α,β-unsaturated/α-hetero) is 1. The summed E-state index contributed by atoms with van der Waals surface area (Å²) in [4.78, 5) is 11.6. The molecule has 0 saturated carbocycles. The van der Waals surface area contributed by atoms with E-state index in [1.165, 1.54) is 0 Å². The van der Waals surface area contributed by atoms with E-state index in [0.717, 1.165) is 5.56 Å². The van der Waals surface area contributed by atoms with Crippen molar-refractivity contribution in [3.8, 4) is 17.2 Å². The van der Waals surface area contributed by atoms with Crippen LogP contribution < -0.4 is 4.74 Å². The molecule has 17 heavy (non-hydrogen) atoms. The van der Waals surface area contributed by atoms with Gasteiger partial charge in [0.2, 0.25) is 0 Å². The molecular weight excluding hydrogens is 228 g/mol. The molecule has 0 amide bonds. The van der Waals surface area contributed by atoms with Crippen molar-refractivity contribution in [2.75, 3.05) is 6.61 Å². The monoisotopic (exact) mass is 244 g/mol. The maximum atomic E-state index is 11.6. The summed E-state index contributed by atoms with van der Waals surface area (Å²) in [5.74, 6) is 4.02. The van der Waals surface area contributed by atoms with Crippen LogP contribution in [-0.4, -0.2) is 20.5 Å². The average Bonchev–Trinajstić information content (AvgIpc) is 2.26. The van der Waals surface area contributed by atoms with Crippen molar-refractivity contribution < 1.29 is 9.53 Å². The van der Waals surface area contributed by atoms with Gasteiger partial charge in [-0.05, 0) is 18.2 Å². The molecule has 1 aromatic rings. The van der Waals surface area contributed by atoms with E-state index in [4.69, 9.17) is 4.74 Å². The molecule has 1 aliphatic rings. The van der Waals surface area contributed by atoms with Gasteiger partial charge in [0, 0.05) is 12.0 Å². The van der Waals surface area contributed by atoms with E-state index in [-0.39, 0.29) is 5.78 Å². The lowest BCUT2D eigenvalue weighted by molar-refractivity contribution is 0.0933. The lowest BCUT2D eigenvalue weighted by atomic mass is 10.0. The predicted octanol–water partition coefficient (Wildman–Crippen LogP) is 2.88. The lowest BCUT2D eigenvalue weighted by Crippen LogP contribution is -2.16. The van der Waals surface area contributed by atoms with Crippen LogP contribution in [0.1, 0.15) is 22.3 Å². The van der Waals surface area contributed by atoms with Crippen LogP contribution in [0, 0.1) is 11.5 Å². The van der Waals surface area contributed by atoms with E-state index >= 15 is 0 Å². The lowest BCUT2D eigenvalue weighted by Gasteiger charge is -2.16. The van der Waals surface area contributed by atoms with E-state index < -0.39 is 8.07 Å². The molecule has 2 rings (SSSR count). The van der Waals surface area contributed by atoms with E-state index in [0.29, 0.717) is 24.3 Å². The first-order chi connectivity index (χ1) is 7.96. The summed E-state index contributed by atoms with van der Waals surface area (Å²) in [6, 6.07) is 5.60. The summed E-state index contributed by atoms with van der Waals surface area (Å²) in [6.07, 6.45) is 0.479. The first kappa shape index (κ1) is 11.9. The molecule has 0 saturated heterocycles. The number of fused-ring (bicyclic) bond motifs is 1. The molecule has 0 aliphatic carbocycles. The zero-order valence-electron chi connectivity index (χ0n) is 10.5. The minimum atomic E-state index is -1.36. The Morgan fingerprint density at radius 3 is 2.76 bits per heavy atom. The van der Waals surface area contributed by atoms with Gasteiger partial charge in [0.1, 0.15) is 13.8 Å². The van der Waals surface area contributed by atoms with Crippen LogP contribution in [0.2, 0.25) is 19.6 Å². The van der Waals surface area contributed by atoms with Gasteiger partial charge in [-0.1, -0.05) is 25.6 Å². The standard InChI is InChI=1S/C14H16O2Si/c1-17(2,3)9-7-11-4-5-12-13(15)6-8-16-14(12)10-11/h4-5,10H,6,8H2,1-3H3. The van der Waals surface area contributed by atoms with Crippen LogP contribution in [0.5, 0.6) is 5.75 Å². The van der Waals surface area contributed by atoms with Crippen LogP contribution in [0.4, 0.5) is 0 Å². The molecule has 1 heterocycles. The third kappa shape index (κ3) is 2.98. The van der Waals surface area contributed by atoms with E-state index in [1.54, 1.807) is 0 Å². The van der Waals surface area contributed by atoms with Gasteiger partial charge >= 0.3 is 0 Å². The van der Waals surface area contributed by atoms with Gasteiger partial charge < -0.3 is 4.74 Å². The summed E-state index contributed by atoms with van der Waals surface area (Å²) in [7, 11) is -1.36. The molecule has 88 valence electrons. The molecule has 0 bridgehead atoms. The Morgan fingerprint density at radius 2 is 2.06 bits per heavy atom. The highest BCUT2D eigenvalue weighted by molar-refractivity contribution is 6.83. The average molecular weight is 244 g/mol. The second-order valence-electron chi connectivity index (χ2n) is 5.23. The third-order valence-electron chi connectivity index (χ3n) is 2.45. The summed E-state index contributed by atoms with van der Waals surface area (Å²) >= 11 is 0. The molecule has 0 unspecified atom stereocenters. The Balaban J connectivity index is 2.33. The van der Waals surface area contributed by atoms with Gasteiger partial charge in [0.05, 0.1) is 12.2 Å². The molecule has 1 aliphatic heterocycles. The van der Waals surface area contributed by atoms with Gasteiger partial charge in [-0.25, -0.2) is 0 Å². The van der Waals surface area contributed by atoms with Crippen molar-refractivity contribution >= 4 is 13.9 Å². The van der Waals surface area contributed by atoms with Crippen LogP contribution in [-0.2, 0) is 0 Å². The Kier molecular flexibility index (Phi) is 3.08. The second kappa shape index (κ2) is 4.38. The minimum Gasteiger partial charge on any atom is -0.492 e. The maximum absolute atomic E-state index is 11.6.